The number of imidazole rings is 1. The van der Waals surface area contributed by atoms with Crippen LogP contribution in [0.4, 0.5) is 0 Å². The van der Waals surface area contributed by atoms with E-state index in [0.29, 0.717) is 25.9 Å². The van der Waals surface area contributed by atoms with Crippen molar-refractivity contribution in [3.8, 4) is 5.75 Å². The largest absolute Gasteiger partial charge is 0.491 e. The van der Waals surface area contributed by atoms with E-state index in [1.807, 2.05) is 48.0 Å². The number of hydrogen-bond donors (Lipinski definition) is 1. The maximum atomic E-state index is 12.4. The van der Waals surface area contributed by atoms with Gasteiger partial charge in [-0.2, -0.15) is 0 Å². The van der Waals surface area contributed by atoms with Gasteiger partial charge in [-0.1, -0.05) is 18.2 Å². The van der Waals surface area contributed by atoms with Crippen molar-refractivity contribution in [1.82, 2.24) is 14.5 Å². The van der Waals surface area contributed by atoms with Crippen molar-refractivity contribution < 1.29 is 14.6 Å². The highest BCUT2D eigenvalue weighted by Gasteiger charge is 2.38. The lowest BCUT2D eigenvalue weighted by atomic mass is 10.1. The molecular weight excluding hydrogens is 318 g/mol. The molecule has 0 radical (unpaired) electrons. The molecule has 6 heteroatoms. The van der Waals surface area contributed by atoms with Gasteiger partial charge < -0.3 is 19.3 Å². The number of carbonyl (C=O) groups excluding carboxylic acids is 1. The van der Waals surface area contributed by atoms with Crippen LogP contribution in [-0.2, 0) is 11.3 Å². The summed E-state index contributed by atoms with van der Waals surface area (Å²) in [5, 5.41) is 10.7. The molecule has 3 rings (SSSR count). The van der Waals surface area contributed by atoms with Crippen LogP contribution in [0.2, 0.25) is 0 Å². The first-order chi connectivity index (χ1) is 12.1. The summed E-state index contributed by atoms with van der Waals surface area (Å²) in [6.07, 6.45) is 5.49. The first-order valence-corrected chi connectivity index (χ1v) is 8.71. The fourth-order valence-corrected chi connectivity index (χ4v) is 3.12. The Bertz CT molecular complexity index is 701. The lowest BCUT2D eigenvalue weighted by Gasteiger charge is -2.23. The molecule has 1 fully saturated rings. The highest BCUT2D eigenvalue weighted by atomic mass is 16.5. The van der Waals surface area contributed by atoms with Crippen LogP contribution < -0.4 is 4.74 Å². The number of amides is 1. The van der Waals surface area contributed by atoms with Gasteiger partial charge in [-0.25, -0.2) is 4.98 Å². The molecule has 0 aliphatic carbocycles. The van der Waals surface area contributed by atoms with E-state index < -0.39 is 5.60 Å². The Morgan fingerprint density at radius 1 is 1.36 bits per heavy atom. The van der Waals surface area contributed by atoms with Gasteiger partial charge in [-0.15, -0.1) is 0 Å². The molecule has 2 aromatic rings. The van der Waals surface area contributed by atoms with E-state index in [2.05, 4.69) is 4.98 Å². The summed E-state index contributed by atoms with van der Waals surface area (Å²) in [5.41, 5.74) is -0.966. The number of aromatic nitrogens is 2. The van der Waals surface area contributed by atoms with E-state index in [1.54, 1.807) is 11.1 Å². The van der Waals surface area contributed by atoms with Gasteiger partial charge in [0, 0.05) is 31.9 Å². The summed E-state index contributed by atoms with van der Waals surface area (Å²) in [6, 6.07) is 9.43. The third-order valence-electron chi connectivity index (χ3n) is 4.65. The molecule has 0 bridgehead atoms. The van der Waals surface area contributed by atoms with Gasteiger partial charge in [0.2, 0.25) is 5.91 Å². The predicted octanol–water partition coefficient (Wildman–Crippen LogP) is 2.01. The number of nitrogens with zero attached hydrogens (tertiary/aromatic N) is 3. The second kappa shape index (κ2) is 7.70. The number of β-amino-alcohol motifs (C(OH)–C–C–N with tert-alkyl or cyclic N) is 1. The smallest absolute Gasteiger partial charge is 0.222 e. The summed E-state index contributed by atoms with van der Waals surface area (Å²) >= 11 is 0. The molecule has 1 aliphatic rings. The van der Waals surface area contributed by atoms with Crippen molar-refractivity contribution in [3.63, 3.8) is 0 Å². The van der Waals surface area contributed by atoms with Crippen molar-refractivity contribution >= 4 is 5.91 Å². The van der Waals surface area contributed by atoms with Crippen molar-refractivity contribution in [1.29, 1.82) is 0 Å². The Morgan fingerprint density at radius 3 is 2.88 bits per heavy atom. The number of carbonyl (C=O) groups is 1. The summed E-state index contributed by atoms with van der Waals surface area (Å²) in [4.78, 5) is 18.3. The van der Waals surface area contributed by atoms with Crippen LogP contribution >= 0.6 is 0 Å². The molecular formula is C19H25N3O3. The number of hydrogen-bond acceptors (Lipinski definition) is 4. The number of aliphatic hydroxyl groups is 1. The average molecular weight is 343 g/mol. The Kier molecular flexibility index (Phi) is 5.38. The maximum absolute atomic E-state index is 12.4. The molecule has 1 unspecified atom stereocenters. The number of likely N-dealkylation sites (tertiary alicyclic amines) is 1. The SMILES string of the molecule is Cc1nccn1CCCC(=O)N1CCC(O)(COc2ccccc2)C1. The lowest BCUT2D eigenvalue weighted by molar-refractivity contribution is -0.131. The van der Waals surface area contributed by atoms with Gasteiger partial charge in [-0.05, 0) is 31.9 Å². The normalized spacial score (nSPS) is 20.0. The van der Waals surface area contributed by atoms with Gasteiger partial charge in [0.25, 0.3) is 0 Å². The van der Waals surface area contributed by atoms with Gasteiger partial charge in [0.1, 0.15) is 23.8 Å². The number of benzene rings is 1. The van der Waals surface area contributed by atoms with Gasteiger partial charge in [-0.3, -0.25) is 4.79 Å². The number of rotatable bonds is 7. The topological polar surface area (TPSA) is 67.6 Å². The Balaban J connectivity index is 1.43. The van der Waals surface area contributed by atoms with E-state index in [-0.39, 0.29) is 12.5 Å². The maximum Gasteiger partial charge on any atom is 0.222 e. The van der Waals surface area contributed by atoms with E-state index in [9.17, 15) is 9.90 Å². The van der Waals surface area contributed by atoms with Crippen molar-refractivity contribution in [3.05, 3.63) is 48.5 Å². The van der Waals surface area contributed by atoms with E-state index in [0.717, 1.165) is 24.5 Å². The molecule has 0 spiro atoms. The summed E-state index contributed by atoms with van der Waals surface area (Å²) in [7, 11) is 0. The quantitative estimate of drug-likeness (QED) is 0.835. The number of para-hydroxylation sites is 1. The van der Waals surface area contributed by atoms with E-state index >= 15 is 0 Å². The van der Waals surface area contributed by atoms with Crippen molar-refractivity contribution in [2.75, 3.05) is 19.7 Å². The van der Waals surface area contributed by atoms with E-state index in [1.165, 1.54) is 0 Å². The fourth-order valence-electron chi connectivity index (χ4n) is 3.12. The Labute approximate surface area is 148 Å². The third-order valence-corrected chi connectivity index (χ3v) is 4.65. The van der Waals surface area contributed by atoms with Gasteiger partial charge >= 0.3 is 0 Å². The molecule has 25 heavy (non-hydrogen) atoms. The zero-order valence-corrected chi connectivity index (χ0v) is 14.6. The van der Waals surface area contributed by atoms with Crippen LogP contribution in [-0.4, -0.2) is 50.8 Å². The number of aryl methyl sites for hydroxylation is 2. The van der Waals surface area contributed by atoms with Crippen molar-refractivity contribution in [2.24, 2.45) is 0 Å². The highest BCUT2D eigenvalue weighted by molar-refractivity contribution is 5.76. The third kappa shape index (κ3) is 4.60. The average Bonchev–Trinajstić information content (AvgIpc) is 3.21. The van der Waals surface area contributed by atoms with Crippen molar-refractivity contribution in [2.45, 2.75) is 38.3 Å². The zero-order valence-electron chi connectivity index (χ0n) is 14.6. The molecule has 1 aliphatic heterocycles. The molecule has 0 saturated carbocycles. The second-order valence-corrected chi connectivity index (χ2v) is 6.66. The molecule has 1 aromatic carbocycles. The molecule has 134 valence electrons. The van der Waals surface area contributed by atoms with Crippen LogP contribution in [0.15, 0.2) is 42.7 Å². The summed E-state index contributed by atoms with van der Waals surface area (Å²) < 4.78 is 7.71. The molecule has 1 amide bonds. The minimum atomic E-state index is -0.966. The fraction of sp³-hybridized carbons (Fsp3) is 0.474. The zero-order chi connectivity index (χ0) is 17.7. The summed E-state index contributed by atoms with van der Waals surface area (Å²) in [6.45, 7) is 3.86. The van der Waals surface area contributed by atoms with Gasteiger partial charge in [0.15, 0.2) is 0 Å². The van der Waals surface area contributed by atoms with Crippen LogP contribution in [0, 0.1) is 6.92 Å². The number of ether oxygens (including phenoxy) is 1. The molecule has 1 N–H and O–H groups in total. The monoisotopic (exact) mass is 343 g/mol. The molecule has 2 heterocycles. The minimum Gasteiger partial charge on any atom is -0.491 e. The van der Waals surface area contributed by atoms with Crippen LogP contribution in [0.5, 0.6) is 5.75 Å². The first kappa shape index (κ1) is 17.5. The summed E-state index contributed by atoms with van der Waals surface area (Å²) in [5.74, 6) is 1.78. The molecule has 1 atom stereocenters. The standard InChI is InChI=1S/C19H25N3O3/c1-16-20-10-13-21(16)11-5-8-18(23)22-12-9-19(24,14-22)15-25-17-6-3-2-4-7-17/h2-4,6-7,10,13,24H,5,8-9,11-12,14-15H2,1H3. The highest BCUT2D eigenvalue weighted by Crippen LogP contribution is 2.23. The first-order valence-electron chi connectivity index (χ1n) is 8.71. The molecule has 1 aromatic heterocycles. The van der Waals surface area contributed by atoms with Crippen LogP contribution in [0.1, 0.15) is 25.1 Å². The minimum absolute atomic E-state index is 0.0911. The van der Waals surface area contributed by atoms with E-state index in [4.69, 9.17) is 4.74 Å². The van der Waals surface area contributed by atoms with Gasteiger partial charge in [0.05, 0.1) is 6.54 Å². The van der Waals surface area contributed by atoms with Crippen LogP contribution in [0.3, 0.4) is 0 Å². The Hall–Kier alpha value is -2.34. The lowest BCUT2D eigenvalue weighted by Crippen LogP contribution is -2.40. The van der Waals surface area contributed by atoms with Crippen LogP contribution in [0.25, 0.3) is 0 Å². The predicted molar refractivity (Wildman–Crippen MR) is 94.3 cm³/mol. The molecule has 1 saturated heterocycles. The Morgan fingerprint density at radius 2 is 2.16 bits per heavy atom. The molecule has 6 nitrogen and oxygen atoms in total. The second-order valence-electron chi connectivity index (χ2n) is 6.66.